The lowest BCUT2D eigenvalue weighted by Crippen LogP contribution is -2.43. The molecule has 0 spiro atoms. The maximum Gasteiger partial charge on any atom is 0.223 e. The largest absolute Gasteiger partial charge is 0.379 e. The number of fused-ring (bicyclic) bond motifs is 1. The van der Waals surface area contributed by atoms with Crippen LogP contribution in [0, 0.1) is 5.41 Å². The minimum atomic E-state index is -0.00673. The van der Waals surface area contributed by atoms with Crippen molar-refractivity contribution in [3.8, 4) is 0 Å². The number of hydrogen-bond acceptors (Lipinski definition) is 3. The molecule has 148 valence electrons. The van der Waals surface area contributed by atoms with E-state index >= 15 is 0 Å². The average molecular weight is 372 g/mol. The maximum absolute atomic E-state index is 13.0. The van der Waals surface area contributed by atoms with Crippen LogP contribution in [0.1, 0.15) is 32.9 Å². The van der Waals surface area contributed by atoms with Crippen molar-refractivity contribution in [3.63, 3.8) is 0 Å². The van der Waals surface area contributed by atoms with Crippen molar-refractivity contribution in [2.75, 3.05) is 39.4 Å². The summed E-state index contributed by atoms with van der Waals surface area (Å²) in [7, 11) is 2.09. The molecule has 1 saturated heterocycles. The van der Waals surface area contributed by atoms with Crippen LogP contribution in [-0.4, -0.2) is 59.7 Å². The predicted octanol–water partition coefficient (Wildman–Crippen LogP) is 3.28. The number of rotatable bonds is 6. The summed E-state index contributed by atoms with van der Waals surface area (Å²) in [6.45, 7) is 12.2. The van der Waals surface area contributed by atoms with Gasteiger partial charge in [-0.1, -0.05) is 39.0 Å². The summed E-state index contributed by atoms with van der Waals surface area (Å²) in [5, 5.41) is 1.23. The first kappa shape index (κ1) is 19.9. The molecule has 5 heteroatoms. The summed E-state index contributed by atoms with van der Waals surface area (Å²) >= 11 is 0. The molecule has 0 bridgehead atoms. The van der Waals surface area contributed by atoms with Gasteiger partial charge in [0.1, 0.15) is 0 Å². The number of para-hydroxylation sites is 1. The summed E-state index contributed by atoms with van der Waals surface area (Å²) in [6.07, 6.45) is 0.569. The molecular formula is C22H33N3O2. The van der Waals surface area contributed by atoms with Gasteiger partial charge in [-0.3, -0.25) is 9.69 Å². The van der Waals surface area contributed by atoms with Crippen LogP contribution in [0.4, 0.5) is 0 Å². The van der Waals surface area contributed by atoms with Crippen LogP contribution in [0.25, 0.3) is 10.9 Å². The van der Waals surface area contributed by atoms with Gasteiger partial charge >= 0.3 is 0 Å². The monoisotopic (exact) mass is 371 g/mol. The number of ether oxygens (including phenoxy) is 1. The Morgan fingerprint density at radius 3 is 2.56 bits per heavy atom. The first-order valence-electron chi connectivity index (χ1n) is 9.95. The van der Waals surface area contributed by atoms with Gasteiger partial charge in [-0.05, 0) is 22.9 Å². The number of benzene rings is 1. The van der Waals surface area contributed by atoms with Gasteiger partial charge in [0.25, 0.3) is 0 Å². The Kier molecular flexibility index (Phi) is 6.22. The zero-order chi connectivity index (χ0) is 19.4. The van der Waals surface area contributed by atoms with Crippen molar-refractivity contribution in [2.45, 2.75) is 33.7 Å². The molecule has 1 aromatic carbocycles. The number of aromatic nitrogens is 1. The Hall–Kier alpha value is -1.85. The van der Waals surface area contributed by atoms with Gasteiger partial charge < -0.3 is 14.2 Å². The van der Waals surface area contributed by atoms with Gasteiger partial charge in [0, 0.05) is 50.9 Å². The molecule has 0 atom stereocenters. The lowest BCUT2D eigenvalue weighted by Gasteiger charge is -2.31. The molecule has 0 radical (unpaired) electrons. The van der Waals surface area contributed by atoms with Crippen LogP contribution >= 0.6 is 0 Å². The Bertz CT molecular complexity index is 769. The van der Waals surface area contributed by atoms with Gasteiger partial charge in [0.2, 0.25) is 5.91 Å². The van der Waals surface area contributed by atoms with E-state index in [4.69, 9.17) is 4.74 Å². The molecule has 3 rings (SSSR count). The number of hydrogen-bond donors (Lipinski definition) is 0. The van der Waals surface area contributed by atoms with Crippen LogP contribution in [0.2, 0.25) is 0 Å². The molecule has 0 N–H and O–H groups in total. The summed E-state index contributed by atoms with van der Waals surface area (Å²) in [5.74, 6) is 0.237. The second-order valence-electron chi connectivity index (χ2n) is 8.76. The van der Waals surface area contributed by atoms with E-state index in [1.165, 1.54) is 16.6 Å². The van der Waals surface area contributed by atoms with Gasteiger partial charge in [-0.2, -0.15) is 0 Å². The lowest BCUT2D eigenvalue weighted by molar-refractivity contribution is -0.134. The van der Waals surface area contributed by atoms with Crippen LogP contribution in [0.5, 0.6) is 0 Å². The van der Waals surface area contributed by atoms with Crippen molar-refractivity contribution in [3.05, 3.63) is 36.0 Å². The molecule has 1 fully saturated rings. The van der Waals surface area contributed by atoms with E-state index in [1.54, 1.807) is 0 Å². The highest BCUT2D eigenvalue weighted by molar-refractivity contribution is 5.81. The fraction of sp³-hybridized carbons (Fsp3) is 0.591. The number of morpholine rings is 1. The van der Waals surface area contributed by atoms with E-state index in [1.807, 2.05) is 4.90 Å². The summed E-state index contributed by atoms with van der Waals surface area (Å²) in [4.78, 5) is 17.5. The summed E-state index contributed by atoms with van der Waals surface area (Å²) in [6, 6.07) is 10.6. The van der Waals surface area contributed by atoms with E-state index in [0.29, 0.717) is 13.0 Å². The van der Waals surface area contributed by atoms with Crippen molar-refractivity contribution < 1.29 is 9.53 Å². The zero-order valence-electron chi connectivity index (χ0n) is 17.2. The van der Waals surface area contributed by atoms with E-state index in [2.05, 4.69) is 67.6 Å². The lowest BCUT2D eigenvalue weighted by atomic mass is 9.91. The molecule has 1 aromatic heterocycles. The number of carbonyl (C=O) groups is 1. The van der Waals surface area contributed by atoms with Crippen molar-refractivity contribution in [2.24, 2.45) is 12.5 Å². The van der Waals surface area contributed by atoms with Crippen LogP contribution in [-0.2, 0) is 23.1 Å². The molecule has 0 saturated carbocycles. The van der Waals surface area contributed by atoms with Crippen molar-refractivity contribution in [1.29, 1.82) is 0 Å². The molecule has 27 heavy (non-hydrogen) atoms. The van der Waals surface area contributed by atoms with E-state index < -0.39 is 0 Å². The highest BCUT2D eigenvalue weighted by Crippen LogP contribution is 2.23. The molecular weight excluding hydrogens is 338 g/mol. The number of amides is 1. The molecule has 2 heterocycles. The third kappa shape index (κ3) is 5.33. The summed E-state index contributed by atoms with van der Waals surface area (Å²) < 4.78 is 7.65. The fourth-order valence-electron chi connectivity index (χ4n) is 3.64. The van der Waals surface area contributed by atoms with Crippen LogP contribution < -0.4 is 0 Å². The molecule has 0 unspecified atom stereocenters. The zero-order valence-corrected chi connectivity index (χ0v) is 17.2. The standard InChI is InChI=1S/C22H33N3O2/c1-22(2,3)16-21(26)25(10-9-24-11-13-27-14-12-24)17-19-15-18-7-5-6-8-20(18)23(19)4/h5-8,15H,9-14,16-17H2,1-4H3. The topological polar surface area (TPSA) is 37.7 Å². The third-order valence-corrected chi connectivity index (χ3v) is 5.23. The van der Waals surface area contributed by atoms with E-state index in [-0.39, 0.29) is 11.3 Å². The molecule has 1 aliphatic heterocycles. The summed E-state index contributed by atoms with van der Waals surface area (Å²) in [5.41, 5.74) is 2.39. The van der Waals surface area contributed by atoms with Crippen LogP contribution in [0.3, 0.4) is 0 Å². The molecule has 2 aromatic rings. The Labute approximate surface area is 162 Å². The quantitative estimate of drug-likeness (QED) is 0.782. The fourth-order valence-corrected chi connectivity index (χ4v) is 3.64. The van der Waals surface area contributed by atoms with Gasteiger partial charge in [-0.15, -0.1) is 0 Å². The van der Waals surface area contributed by atoms with Gasteiger partial charge in [0.05, 0.1) is 19.8 Å². The second-order valence-corrected chi connectivity index (χ2v) is 8.76. The highest BCUT2D eigenvalue weighted by atomic mass is 16.5. The molecule has 1 amide bonds. The molecule has 0 aliphatic carbocycles. The normalized spacial score (nSPS) is 16.0. The number of nitrogens with zero attached hydrogens (tertiary/aromatic N) is 3. The second kappa shape index (κ2) is 8.44. The van der Waals surface area contributed by atoms with E-state index in [9.17, 15) is 4.79 Å². The molecule has 1 aliphatic rings. The van der Waals surface area contributed by atoms with Gasteiger partial charge in [0.15, 0.2) is 0 Å². The molecule has 5 nitrogen and oxygen atoms in total. The number of aryl methyl sites for hydroxylation is 1. The Morgan fingerprint density at radius 1 is 1.19 bits per heavy atom. The smallest absolute Gasteiger partial charge is 0.223 e. The highest BCUT2D eigenvalue weighted by Gasteiger charge is 2.23. The first-order chi connectivity index (χ1) is 12.8. The third-order valence-electron chi connectivity index (χ3n) is 5.23. The maximum atomic E-state index is 13.0. The predicted molar refractivity (Wildman–Crippen MR) is 110 cm³/mol. The Morgan fingerprint density at radius 2 is 1.89 bits per heavy atom. The number of carbonyl (C=O) groups excluding carboxylic acids is 1. The minimum Gasteiger partial charge on any atom is -0.379 e. The van der Waals surface area contributed by atoms with Gasteiger partial charge in [-0.25, -0.2) is 0 Å². The average Bonchev–Trinajstić information content (AvgIpc) is 2.94. The minimum absolute atomic E-state index is 0.00673. The van der Waals surface area contributed by atoms with Crippen molar-refractivity contribution in [1.82, 2.24) is 14.4 Å². The van der Waals surface area contributed by atoms with Crippen molar-refractivity contribution >= 4 is 16.8 Å². The van der Waals surface area contributed by atoms with E-state index in [0.717, 1.165) is 39.4 Å². The van der Waals surface area contributed by atoms with Crippen LogP contribution in [0.15, 0.2) is 30.3 Å². The Balaban J connectivity index is 1.75. The SMILES string of the molecule is Cn1c(CN(CCN2CCOCC2)C(=O)CC(C)(C)C)cc2ccccc21. The first-order valence-corrected chi connectivity index (χ1v) is 9.95.